The fourth-order valence-electron chi connectivity index (χ4n) is 3.06. The van der Waals surface area contributed by atoms with E-state index in [0.29, 0.717) is 5.56 Å². The number of aliphatic carboxylic acids is 1. The molecule has 0 saturated carbocycles. The Bertz CT molecular complexity index is 585. The van der Waals surface area contributed by atoms with E-state index in [-0.39, 0.29) is 25.3 Å². The van der Waals surface area contributed by atoms with Crippen LogP contribution in [0.5, 0.6) is 0 Å². The van der Waals surface area contributed by atoms with E-state index in [1.807, 2.05) is 0 Å². The van der Waals surface area contributed by atoms with Gasteiger partial charge in [-0.05, 0) is 12.0 Å². The van der Waals surface area contributed by atoms with E-state index < -0.39 is 23.4 Å². The van der Waals surface area contributed by atoms with Crippen molar-refractivity contribution in [3.8, 4) is 0 Å². The molecule has 118 valence electrons. The van der Waals surface area contributed by atoms with Gasteiger partial charge in [0.1, 0.15) is 0 Å². The first-order valence-electron chi connectivity index (χ1n) is 7.14. The molecular weight excluding hydrogens is 286 g/mol. The number of likely N-dealkylation sites (tertiary alicyclic amines) is 1. The van der Waals surface area contributed by atoms with Gasteiger partial charge in [0, 0.05) is 13.0 Å². The Labute approximate surface area is 128 Å². The summed E-state index contributed by atoms with van der Waals surface area (Å²) in [5.74, 6) is -2.55. The van der Waals surface area contributed by atoms with Crippen molar-refractivity contribution in [2.75, 3.05) is 13.7 Å². The predicted octanol–water partition coefficient (Wildman–Crippen LogP) is 1.40. The lowest BCUT2D eigenvalue weighted by molar-refractivity contribution is -0.159. The molecule has 6 nitrogen and oxygen atoms in total. The third kappa shape index (κ3) is 2.45. The Hall–Kier alpha value is -2.37. The van der Waals surface area contributed by atoms with Gasteiger partial charge in [-0.3, -0.25) is 9.59 Å². The predicted molar refractivity (Wildman–Crippen MR) is 77.9 cm³/mol. The molecule has 0 spiro atoms. The topological polar surface area (TPSA) is 83.9 Å². The maximum atomic E-state index is 12.3. The van der Waals surface area contributed by atoms with Crippen molar-refractivity contribution in [2.24, 2.45) is 5.92 Å². The molecule has 0 bridgehead atoms. The summed E-state index contributed by atoms with van der Waals surface area (Å²) in [6.45, 7) is 1.78. The number of amides is 1. The molecule has 0 aliphatic carbocycles. The molecule has 1 N–H and O–H groups in total. The minimum absolute atomic E-state index is 0.0193. The van der Waals surface area contributed by atoms with Gasteiger partial charge in [-0.1, -0.05) is 37.3 Å². The van der Waals surface area contributed by atoms with Crippen LogP contribution in [-0.2, 0) is 24.7 Å². The minimum Gasteiger partial charge on any atom is -0.479 e. The molecule has 1 saturated heterocycles. The van der Waals surface area contributed by atoms with Crippen LogP contribution in [0.3, 0.4) is 0 Å². The first-order chi connectivity index (χ1) is 10.5. The monoisotopic (exact) mass is 305 g/mol. The van der Waals surface area contributed by atoms with Crippen molar-refractivity contribution >= 4 is 17.8 Å². The number of benzene rings is 1. The number of nitrogens with zero attached hydrogens (tertiary/aromatic N) is 1. The molecule has 1 aliphatic rings. The molecule has 0 radical (unpaired) electrons. The summed E-state index contributed by atoms with van der Waals surface area (Å²) in [5, 5.41) is 9.83. The smallest absolute Gasteiger partial charge is 0.334 e. The minimum atomic E-state index is -1.46. The van der Waals surface area contributed by atoms with E-state index >= 15 is 0 Å². The van der Waals surface area contributed by atoms with Gasteiger partial charge in [0.15, 0.2) is 5.54 Å². The van der Waals surface area contributed by atoms with E-state index in [9.17, 15) is 19.5 Å². The van der Waals surface area contributed by atoms with Crippen LogP contribution in [-0.4, -0.2) is 41.5 Å². The summed E-state index contributed by atoms with van der Waals surface area (Å²) in [5.41, 5.74) is -0.926. The van der Waals surface area contributed by atoms with Crippen molar-refractivity contribution in [1.29, 1.82) is 0 Å². The van der Waals surface area contributed by atoms with Gasteiger partial charge in [-0.15, -0.1) is 0 Å². The van der Waals surface area contributed by atoms with Gasteiger partial charge in [0.2, 0.25) is 5.91 Å². The van der Waals surface area contributed by atoms with Crippen LogP contribution in [0.15, 0.2) is 30.3 Å². The van der Waals surface area contributed by atoms with Crippen molar-refractivity contribution in [2.45, 2.75) is 25.3 Å². The van der Waals surface area contributed by atoms with Gasteiger partial charge in [-0.25, -0.2) is 4.79 Å². The molecule has 1 aliphatic heterocycles. The molecule has 22 heavy (non-hydrogen) atoms. The summed E-state index contributed by atoms with van der Waals surface area (Å²) in [6, 6.07) is 8.64. The molecule has 1 fully saturated rings. The van der Waals surface area contributed by atoms with E-state index in [1.165, 1.54) is 12.0 Å². The van der Waals surface area contributed by atoms with Gasteiger partial charge >= 0.3 is 11.9 Å². The number of methoxy groups -OCH3 is 1. The summed E-state index contributed by atoms with van der Waals surface area (Å²) < 4.78 is 4.68. The lowest BCUT2D eigenvalue weighted by Crippen LogP contribution is -2.52. The molecule has 2 rings (SSSR count). The fraction of sp³-hybridized carbons (Fsp3) is 0.438. The van der Waals surface area contributed by atoms with E-state index in [2.05, 4.69) is 4.74 Å². The second kappa shape index (κ2) is 6.17. The number of carboxylic acid groups (broad SMARTS) is 1. The van der Waals surface area contributed by atoms with Gasteiger partial charge < -0.3 is 14.7 Å². The van der Waals surface area contributed by atoms with Crippen LogP contribution in [0.1, 0.15) is 25.3 Å². The molecule has 0 aromatic heterocycles. The highest BCUT2D eigenvalue weighted by atomic mass is 16.5. The largest absolute Gasteiger partial charge is 0.479 e. The highest BCUT2D eigenvalue weighted by Gasteiger charge is 2.51. The third-order valence-corrected chi connectivity index (χ3v) is 4.24. The number of rotatable bonds is 5. The molecule has 2 atom stereocenters. The number of carbonyl (C=O) groups is 3. The van der Waals surface area contributed by atoms with Crippen LogP contribution in [0.25, 0.3) is 0 Å². The molecular formula is C16H19NO5. The number of carboxylic acids is 1. The van der Waals surface area contributed by atoms with E-state index in [1.54, 1.807) is 37.3 Å². The van der Waals surface area contributed by atoms with Gasteiger partial charge in [-0.2, -0.15) is 0 Å². The zero-order valence-corrected chi connectivity index (χ0v) is 12.6. The number of hydrogen-bond donors (Lipinski definition) is 1. The maximum absolute atomic E-state index is 12.3. The van der Waals surface area contributed by atoms with E-state index in [4.69, 9.17) is 0 Å². The van der Waals surface area contributed by atoms with Crippen molar-refractivity contribution in [3.63, 3.8) is 0 Å². The Morgan fingerprint density at radius 3 is 2.50 bits per heavy atom. The number of hydrogen-bond acceptors (Lipinski definition) is 4. The lowest BCUT2D eigenvalue weighted by Gasteiger charge is -2.38. The van der Waals surface area contributed by atoms with Crippen LogP contribution < -0.4 is 0 Å². The van der Waals surface area contributed by atoms with Crippen molar-refractivity contribution in [1.82, 2.24) is 4.90 Å². The Balaban J connectivity index is 2.45. The van der Waals surface area contributed by atoms with Crippen molar-refractivity contribution < 1.29 is 24.2 Å². The Kier molecular flexibility index (Phi) is 4.49. The molecule has 2 unspecified atom stereocenters. The SMILES string of the molecule is CCC(C(=O)O)(c1ccccc1)N1CC(C(=O)OC)CC1=O. The first kappa shape index (κ1) is 16.0. The zero-order chi connectivity index (χ0) is 16.3. The maximum Gasteiger partial charge on any atom is 0.334 e. The molecule has 1 heterocycles. The second-order valence-electron chi connectivity index (χ2n) is 5.31. The summed E-state index contributed by atoms with van der Waals surface area (Å²) in [6.07, 6.45) is 0.195. The Morgan fingerprint density at radius 2 is 2.00 bits per heavy atom. The highest BCUT2D eigenvalue weighted by Crippen LogP contribution is 2.37. The molecule has 1 amide bonds. The third-order valence-electron chi connectivity index (χ3n) is 4.24. The second-order valence-corrected chi connectivity index (χ2v) is 5.31. The van der Waals surface area contributed by atoms with E-state index in [0.717, 1.165) is 0 Å². The molecule has 1 aromatic carbocycles. The first-order valence-corrected chi connectivity index (χ1v) is 7.14. The highest BCUT2D eigenvalue weighted by molar-refractivity contribution is 5.92. The normalized spacial score (nSPS) is 20.5. The standard InChI is InChI=1S/C16H19NO5/c1-3-16(15(20)21,12-7-5-4-6-8-12)17-10-11(9-13(17)18)14(19)22-2/h4-8,11H,3,9-10H2,1-2H3,(H,20,21). The average molecular weight is 305 g/mol. The average Bonchev–Trinajstić information content (AvgIpc) is 2.91. The quantitative estimate of drug-likeness (QED) is 0.831. The molecule has 6 heteroatoms. The van der Waals surface area contributed by atoms with Crippen LogP contribution in [0.2, 0.25) is 0 Å². The number of esters is 1. The summed E-state index contributed by atoms with van der Waals surface area (Å²) in [7, 11) is 1.26. The summed E-state index contributed by atoms with van der Waals surface area (Å²) in [4.78, 5) is 37.3. The number of ether oxygens (including phenoxy) is 1. The van der Waals surface area contributed by atoms with Crippen LogP contribution >= 0.6 is 0 Å². The number of carbonyl (C=O) groups excluding carboxylic acids is 2. The Morgan fingerprint density at radius 1 is 1.36 bits per heavy atom. The summed E-state index contributed by atoms with van der Waals surface area (Å²) >= 11 is 0. The molecule has 1 aromatic rings. The van der Waals surface area contributed by atoms with Crippen LogP contribution in [0.4, 0.5) is 0 Å². The van der Waals surface area contributed by atoms with Gasteiger partial charge in [0.05, 0.1) is 13.0 Å². The lowest BCUT2D eigenvalue weighted by atomic mass is 9.85. The van der Waals surface area contributed by atoms with Crippen LogP contribution in [0, 0.1) is 5.92 Å². The fourth-order valence-corrected chi connectivity index (χ4v) is 3.06. The zero-order valence-electron chi connectivity index (χ0n) is 12.6. The van der Waals surface area contributed by atoms with Gasteiger partial charge in [0.25, 0.3) is 0 Å². The van der Waals surface area contributed by atoms with Crippen molar-refractivity contribution in [3.05, 3.63) is 35.9 Å².